The number of anilines is 2. The van der Waals surface area contributed by atoms with Crippen molar-refractivity contribution in [2.45, 2.75) is 18.4 Å². The summed E-state index contributed by atoms with van der Waals surface area (Å²) < 4.78 is 27.8. The Kier molecular flexibility index (Phi) is 7.86. The number of benzene rings is 3. The summed E-state index contributed by atoms with van der Waals surface area (Å²) in [5.41, 5.74) is 2.67. The molecule has 4 aromatic rings. The van der Waals surface area contributed by atoms with Gasteiger partial charge in [0.05, 0.1) is 32.4 Å². The number of hydrogen-bond donors (Lipinski definition) is 3. The number of aromatic nitrogens is 1. The minimum Gasteiger partial charge on any atom is -0.348 e. The molecule has 0 aliphatic heterocycles. The number of nitrogens with zero attached hydrogens (tertiary/aromatic N) is 1. The fourth-order valence-electron chi connectivity index (χ4n) is 3.45. The molecule has 0 unspecified atom stereocenters. The average Bonchev–Trinajstić information content (AvgIpc) is 2.88. The Labute approximate surface area is 219 Å². The van der Waals surface area contributed by atoms with Crippen molar-refractivity contribution in [3.05, 3.63) is 119 Å². The first-order valence-electron chi connectivity index (χ1n) is 11.2. The van der Waals surface area contributed by atoms with E-state index in [1.54, 1.807) is 54.9 Å². The summed E-state index contributed by atoms with van der Waals surface area (Å²) in [5.74, 6) is -0.919. The highest BCUT2D eigenvalue weighted by Crippen LogP contribution is 2.25. The van der Waals surface area contributed by atoms with E-state index in [9.17, 15) is 18.0 Å². The quantitative estimate of drug-likeness (QED) is 0.293. The van der Waals surface area contributed by atoms with Crippen LogP contribution in [0.4, 0.5) is 11.4 Å². The lowest BCUT2D eigenvalue weighted by atomic mass is 10.1. The fraction of sp³-hybridized carbons (Fsp3) is 0.0741. The van der Waals surface area contributed by atoms with Gasteiger partial charge >= 0.3 is 0 Å². The largest absolute Gasteiger partial charge is 0.348 e. The molecule has 4 rings (SSSR count). The summed E-state index contributed by atoms with van der Waals surface area (Å²) in [5, 5.41) is 5.56. The van der Waals surface area contributed by atoms with Crippen LogP contribution in [0.1, 0.15) is 31.8 Å². The smallest absolute Gasteiger partial charge is 0.261 e. The second kappa shape index (κ2) is 11.2. The highest BCUT2D eigenvalue weighted by Gasteiger charge is 2.18. The Bertz CT molecular complexity index is 1540. The standard InChI is InChI=1S/C27H23ClN4O4S/c1-18-8-11-21(12-9-18)37(35,36)32-20-10-13-22(24(28)15-20)27(34)31-25-7-3-2-6-23(25)26(33)30-17-19-5-4-14-29-16-19/h2-16,32H,17H2,1H3,(H,30,33)(H,31,34). The molecule has 37 heavy (non-hydrogen) atoms. The van der Waals surface area contributed by atoms with Crippen LogP contribution in [0, 0.1) is 6.92 Å². The maximum absolute atomic E-state index is 13.0. The third kappa shape index (κ3) is 6.52. The molecule has 188 valence electrons. The molecule has 0 aliphatic carbocycles. The van der Waals surface area contributed by atoms with Gasteiger partial charge in [-0.15, -0.1) is 0 Å². The van der Waals surface area contributed by atoms with Gasteiger partial charge in [0.2, 0.25) is 0 Å². The zero-order valence-corrected chi connectivity index (χ0v) is 21.3. The van der Waals surface area contributed by atoms with Gasteiger partial charge in [-0.3, -0.25) is 19.3 Å². The Hall–Kier alpha value is -4.21. The summed E-state index contributed by atoms with van der Waals surface area (Å²) in [7, 11) is -3.83. The van der Waals surface area contributed by atoms with Crippen molar-refractivity contribution in [1.82, 2.24) is 10.3 Å². The number of sulfonamides is 1. The molecule has 1 aromatic heterocycles. The molecular formula is C27H23ClN4O4S. The first-order valence-corrected chi connectivity index (χ1v) is 13.1. The van der Waals surface area contributed by atoms with Gasteiger partial charge in [-0.05, 0) is 61.0 Å². The minimum atomic E-state index is -3.83. The lowest BCUT2D eigenvalue weighted by Gasteiger charge is -2.13. The number of aryl methyl sites for hydroxylation is 1. The van der Waals surface area contributed by atoms with Crippen LogP contribution in [-0.4, -0.2) is 25.2 Å². The van der Waals surface area contributed by atoms with Crippen molar-refractivity contribution in [3.8, 4) is 0 Å². The number of carbonyl (C=O) groups excluding carboxylic acids is 2. The van der Waals surface area contributed by atoms with Gasteiger partial charge in [0.15, 0.2) is 0 Å². The second-order valence-electron chi connectivity index (χ2n) is 8.16. The predicted octanol–water partition coefficient (Wildman–Crippen LogP) is 5.03. The molecule has 0 radical (unpaired) electrons. The van der Waals surface area contributed by atoms with Crippen molar-refractivity contribution < 1.29 is 18.0 Å². The van der Waals surface area contributed by atoms with E-state index in [4.69, 9.17) is 11.6 Å². The number of pyridine rings is 1. The number of nitrogens with one attached hydrogen (secondary N) is 3. The van der Waals surface area contributed by atoms with E-state index >= 15 is 0 Å². The average molecular weight is 535 g/mol. The van der Waals surface area contributed by atoms with Crippen LogP contribution in [0.25, 0.3) is 0 Å². The number of carbonyl (C=O) groups is 2. The molecule has 1 heterocycles. The van der Waals surface area contributed by atoms with Gasteiger partial charge < -0.3 is 10.6 Å². The van der Waals surface area contributed by atoms with Crippen LogP contribution >= 0.6 is 11.6 Å². The van der Waals surface area contributed by atoms with Crippen LogP contribution in [0.2, 0.25) is 5.02 Å². The van der Waals surface area contributed by atoms with Crippen LogP contribution in [0.3, 0.4) is 0 Å². The van der Waals surface area contributed by atoms with Crippen LogP contribution in [0.15, 0.2) is 96.2 Å². The maximum atomic E-state index is 13.0. The lowest BCUT2D eigenvalue weighted by Crippen LogP contribution is -2.25. The molecule has 10 heteroatoms. The molecule has 0 aliphatic rings. The summed E-state index contributed by atoms with van der Waals surface area (Å²) in [6.07, 6.45) is 3.30. The van der Waals surface area contributed by atoms with Gasteiger partial charge in [-0.1, -0.05) is 47.5 Å². The summed E-state index contributed by atoms with van der Waals surface area (Å²) >= 11 is 6.33. The highest BCUT2D eigenvalue weighted by molar-refractivity contribution is 7.92. The summed E-state index contributed by atoms with van der Waals surface area (Å²) in [6.45, 7) is 2.14. The van der Waals surface area contributed by atoms with E-state index in [1.807, 2.05) is 13.0 Å². The van der Waals surface area contributed by atoms with E-state index < -0.39 is 15.9 Å². The van der Waals surface area contributed by atoms with E-state index in [0.29, 0.717) is 5.69 Å². The van der Waals surface area contributed by atoms with E-state index in [0.717, 1.165) is 11.1 Å². The molecule has 2 amide bonds. The monoisotopic (exact) mass is 534 g/mol. The molecule has 0 saturated carbocycles. The first-order chi connectivity index (χ1) is 17.7. The van der Waals surface area contributed by atoms with E-state index in [1.165, 1.54) is 30.3 Å². The summed E-state index contributed by atoms with van der Waals surface area (Å²) in [4.78, 5) is 29.9. The molecule has 0 atom stereocenters. The van der Waals surface area contributed by atoms with Crippen molar-refractivity contribution >= 4 is 44.8 Å². The van der Waals surface area contributed by atoms with Crippen molar-refractivity contribution in [3.63, 3.8) is 0 Å². The maximum Gasteiger partial charge on any atom is 0.261 e. The molecular weight excluding hydrogens is 512 g/mol. The van der Waals surface area contributed by atoms with Crippen LogP contribution in [0.5, 0.6) is 0 Å². The molecule has 8 nitrogen and oxygen atoms in total. The highest BCUT2D eigenvalue weighted by atomic mass is 35.5. The van der Waals surface area contributed by atoms with Crippen molar-refractivity contribution in [1.29, 1.82) is 0 Å². The number of para-hydroxylation sites is 1. The van der Waals surface area contributed by atoms with E-state index in [2.05, 4.69) is 20.3 Å². The van der Waals surface area contributed by atoms with Crippen LogP contribution in [-0.2, 0) is 16.6 Å². The van der Waals surface area contributed by atoms with Gasteiger partial charge in [-0.2, -0.15) is 0 Å². The number of hydrogen-bond acceptors (Lipinski definition) is 5. The lowest BCUT2D eigenvalue weighted by molar-refractivity contribution is 0.0951. The molecule has 3 aromatic carbocycles. The molecule has 0 saturated heterocycles. The van der Waals surface area contributed by atoms with Gasteiger partial charge in [0.1, 0.15) is 0 Å². The fourth-order valence-corrected chi connectivity index (χ4v) is 4.77. The van der Waals surface area contributed by atoms with Crippen LogP contribution < -0.4 is 15.4 Å². The molecule has 0 spiro atoms. The van der Waals surface area contributed by atoms with Gasteiger partial charge in [0, 0.05) is 18.9 Å². The Morgan fingerprint density at radius 2 is 1.65 bits per heavy atom. The normalized spacial score (nSPS) is 11.0. The topological polar surface area (TPSA) is 117 Å². The minimum absolute atomic E-state index is 0.0418. The number of halogens is 1. The number of rotatable bonds is 8. The Balaban J connectivity index is 1.46. The summed E-state index contributed by atoms with van der Waals surface area (Å²) in [6, 6.07) is 20.8. The van der Waals surface area contributed by atoms with Gasteiger partial charge in [0.25, 0.3) is 21.8 Å². The van der Waals surface area contributed by atoms with Crippen molar-refractivity contribution in [2.24, 2.45) is 0 Å². The third-order valence-electron chi connectivity index (χ3n) is 5.39. The van der Waals surface area contributed by atoms with Crippen molar-refractivity contribution in [2.75, 3.05) is 10.0 Å². The molecule has 0 fully saturated rings. The first kappa shape index (κ1) is 25.9. The zero-order valence-electron chi connectivity index (χ0n) is 19.7. The second-order valence-corrected chi connectivity index (χ2v) is 10.2. The zero-order chi connectivity index (χ0) is 26.4. The SMILES string of the molecule is Cc1ccc(S(=O)(=O)Nc2ccc(C(=O)Nc3ccccc3C(=O)NCc3cccnc3)c(Cl)c2)cc1. The Morgan fingerprint density at radius 1 is 0.892 bits per heavy atom. The predicted molar refractivity (Wildman–Crippen MR) is 143 cm³/mol. The Morgan fingerprint density at radius 3 is 2.35 bits per heavy atom. The van der Waals surface area contributed by atoms with E-state index in [-0.39, 0.29) is 39.2 Å². The number of amides is 2. The molecule has 0 bridgehead atoms. The third-order valence-corrected chi connectivity index (χ3v) is 7.10. The molecule has 3 N–H and O–H groups in total. The van der Waals surface area contributed by atoms with Gasteiger partial charge in [-0.25, -0.2) is 8.42 Å².